The van der Waals surface area contributed by atoms with E-state index in [2.05, 4.69) is 27.9 Å². The van der Waals surface area contributed by atoms with Crippen LogP contribution >= 0.6 is 0 Å². The molecule has 0 rings (SSSR count). The first kappa shape index (κ1) is 36.0. The first-order valence-corrected chi connectivity index (χ1v) is 16.9. The average Bonchev–Trinajstić information content (AvgIpc) is 2.84. The van der Waals surface area contributed by atoms with Crippen molar-refractivity contribution in [1.29, 1.82) is 0 Å². The zero-order valence-corrected chi connectivity index (χ0v) is 26.1. The normalized spacial score (nSPS) is 13.4. The van der Waals surface area contributed by atoms with Gasteiger partial charge in [0.1, 0.15) is 0 Å². The lowest BCUT2D eigenvalue weighted by Gasteiger charge is -2.32. The van der Waals surface area contributed by atoms with Crippen LogP contribution in [0.3, 0.4) is 0 Å². The molecule has 1 atom stereocenters. The Bertz CT molecular complexity index is 434. The molecule has 0 bridgehead atoms. The lowest BCUT2D eigenvalue weighted by Crippen LogP contribution is -2.44. The third kappa shape index (κ3) is 25.6. The van der Waals surface area contributed by atoms with E-state index in [1.807, 2.05) is 0 Å². The number of hydrogen-bond donors (Lipinski definition) is 2. The first-order valence-electron chi connectivity index (χ1n) is 15.3. The second kappa shape index (κ2) is 26.6. The van der Waals surface area contributed by atoms with Crippen LogP contribution in [0.25, 0.3) is 0 Å². The number of rotatable bonds is 29. The third-order valence-corrected chi connectivity index (χ3v) is 8.71. The van der Waals surface area contributed by atoms with Crippen LogP contribution in [0.2, 0.25) is 6.04 Å². The van der Waals surface area contributed by atoms with Gasteiger partial charge in [-0.05, 0) is 18.9 Å². The molecule has 1 unspecified atom stereocenters. The van der Waals surface area contributed by atoms with E-state index < -0.39 is 16.2 Å². The average molecular weight is 535 g/mol. The Balaban J connectivity index is 3.62. The number of hydrogen-bond acceptors (Lipinski definition) is 5. The van der Waals surface area contributed by atoms with E-state index in [9.17, 15) is 0 Å². The second-order valence-electron chi connectivity index (χ2n) is 11.4. The van der Waals surface area contributed by atoms with Crippen LogP contribution in [0.5, 0.6) is 0 Å². The van der Waals surface area contributed by atoms with Crippen LogP contribution in [-0.2, 0) is 13.9 Å². The van der Waals surface area contributed by atoms with Crippen molar-refractivity contribution in [2.75, 3.05) is 53.6 Å². The summed E-state index contributed by atoms with van der Waals surface area (Å²) in [6, 6.07) is 1.07. The standard InChI is InChI=1S/C29H64NO5Si/c1-5-6-7-8-9-10-11-12-13-14-15-16-17-18-19-20-21-30(3,4)26-28(2)27-36-35-29(33-24-22-31)34-25-23-32/h28-29,31-32H,5-27,36H2,1-4H3/q+1. The lowest BCUT2D eigenvalue weighted by atomic mass is 10.0. The fourth-order valence-corrected chi connectivity index (χ4v) is 6.03. The van der Waals surface area contributed by atoms with Crippen LogP contribution in [0.1, 0.15) is 117 Å². The van der Waals surface area contributed by atoms with Crippen molar-refractivity contribution in [3.63, 3.8) is 0 Å². The number of ether oxygens (including phenoxy) is 2. The van der Waals surface area contributed by atoms with Gasteiger partial charge in [0.2, 0.25) is 0 Å². The Kier molecular flexibility index (Phi) is 26.6. The molecule has 7 heteroatoms. The van der Waals surface area contributed by atoms with Crippen LogP contribution < -0.4 is 0 Å². The van der Waals surface area contributed by atoms with E-state index in [0.717, 1.165) is 17.1 Å². The minimum Gasteiger partial charge on any atom is -0.394 e. The van der Waals surface area contributed by atoms with Crippen molar-refractivity contribution < 1.29 is 28.6 Å². The molecule has 0 radical (unpaired) electrons. The van der Waals surface area contributed by atoms with Crippen molar-refractivity contribution in [2.45, 2.75) is 129 Å². The molecule has 0 spiro atoms. The summed E-state index contributed by atoms with van der Waals surface area (Å²) in [5, 5.41) is 17.8. The third-order valence-electron chi connectivity index (χ3n) is 6.98. The summed E-state index contributed by atoms with van der Waals surface area (Å²) in [5.74, 6) is 0.601. The highest BCUT2D eigenvalue weighted by Crippen LogP contribution is 2.15. The fraction of sp³-hybridized carbons (Fsp3) is 1.00. The molecule has 0 saturated heterocycles. The molecule has 218 valence electrons. The summed E-state index contributed by atoms with van der Waals surface area (Å²) in [5.41, 5.74) is 0. The molecule has 0 saturated carbocycles. The van der Waals surface area contributed by atoms with Gasteiger partial charge in [0, 0.05) is 5.92 Å². The number of aliphatic hydroxyl groups excluding tert-OH is 2. The fourth-order valence-electron chi connectivity index (χ4n) is 4.92. The maximum Gasteiger partial charge on any atom is 0.261 e. The largest absolute Gasteiger partial charge is 0.394 e. The number of nitrogens with zero attached hydrogens (tertiary/aromatic N) is 1. The molecular formula is C29H64NO5Si+. The quantitative estimate of drug-likeness (QED) is 0.0551. The zero-order chi connectivity index (χ0) is 26.7. The van der Waals surface area contributed by atoms with Gasteiger partial charge in [-0.2, -0.15) is 0 Å². The maximum absolute atomic E-state index is 8.92. The molecule has 0 fully saturated rings. The monoisotopic (exact) mass is 534 g/mol. The van der Waals surface area contributed by atoms with Gasteiger partial charge in [-0.15, -0.1) is 0 Å². The molecule has 2 N–H and O–H groups in total. The van der Waals surface area contributed by atoms with Gasteiger partial charge in [0.15, 0.2) is 9.76 Å². The molecule has 0 heterocycles. The molecule has 36 heavy (non-hydrogen) atoms. The van der Waals surface area contributed by atoms with Crippen LogP contribution in [-0.4, -0.2) is 84.5 Å². The van der Waals surface area contributed by atoms with Crippen molar-refractivity contribution in [1.82, 2.24) is 0 Å². The Morgan fingerprint density at radius 1 is 0.667 bits per heavy atom. The molecular weight excluding hydrogens is 470 g/mol. The summed E-state index contributed by atoms with van der Waals surface area (Å²) in [6.45, 7) is 6.49. The number of quaternary nitrogens is 1. The summed E-state index contributed by atoms with van der Waals surface area (Å²) in [4.78, 5) is 0. The van der Waals surface area contributed by atoms with Gasteiger partial charge < -0.3 is 28.6 Å². The molecule has 0 aromatic heterocycles. The summed E-state index contributed by atoms with van der Waals surface area (Å²) in [7, 11) is 3.92. The van der Waals surface area contributed by atoms with Gasteiger partial charge >= 0.3 is 0 Å². The summed E-state index contributed by atoms with van der Waals surface area (Å²) >= 11 is 0. The maximum atomic E-state index is 8.92. The SMILES string of the molecule is CCCCCCCCCCCCCCCCCC[N+](C)(C)CC(C)C[SiH2]OC(OCCO)OCCO. The highest BCUT2D eigenvalue weighted by molar-refractivity contribution is 6.27. The minimum atomic E-state index is -0.780. The zero-order valence-electron chi connectivity index (χ0n) is 24.7. The highest BCUT2D eigenvalue weighted by Gasteiger charge is 2.20. The second-order valence-corrected chi connectivity index (χ2v) is 12.7. The van der Waals surface area contributed by atoms with Crippen molar-refractivity contribution >= 4 is 9.76 Å². The van der Waals surface area contributed by atoms with Crippen molar-refractivity contribution in [3.05, 3.63) is 0 Å². The van der Waals surface area contributed by atoms with Crippen LogP contribution in [0, 0.1) is 5.92 Å². The smallest absolute Gasteiger partial charge is 0.261 e. The highest BCUT2D eigenvalue weighted by atomic mass is 28.2. The Morgan fingerprint density at radius 3 is 1.50 bits per heavy atom. The van der Waals surface area contributed by atoms with Gasteiger partial charge in [-0.25, -0.2) is 0 Å². The molecule has 0 aliphatic rings. The van der Waals surface area contributed by atoms with Crippen LogP contribution in [0.15, 0.2) is 0 Å². The number of unbranched alkanes of at least 4 members (excludes halogenated alkanes) is 15. The Morgan fingerprint density at radius 2 is 1.08 bits per heavy atom. The van der Waals surface area contributed by atoms with Crippen LogP contribution in [0.4, 0.5) is 0 Å². The number of aliphatic hydroxyl groups is 2. The first-order chi connectivity index (χ1) is 17.4. The molecule has 0 aliphatic heterocycles. The summed E-state index contributed by atoms with van der Waals surface area (Å²) in [6.07, 6.45) is 22.7. The molecule has 0 aliphatic carbocycles. The van der Waals surface area contributed by atoms with Gasteiger partial charge in [0.05, 0.1) is 53.6 Å². The predicted octanol–water partition coefficient (Wildman–Crippen LogP) is 5.78. The molecule has 0 amide bonds. The topological polar surface area (TPSA) is 68.2 Å². The predicted molar refractivity (Wildman–Crippen MR) is 155 cm³/mol. The lowest BCUT2D eigenvalue weighted by molar-refractivity contribution is -0.893. The van der Waals surface area contributed by atoms with E-state index in [1.54, 1.807) is 0 Å². The van der Waals surface area contributed by atoms with E-state index in [1.165, 1.54) is 109 Å². The molecule has 0 aromatic carbocycles. The van der Waals surface area contributed by atoms with Gasteiger partial charge in [0.25, 0.3) is 6.48 Å². The summed E-state index contributed by atoms with van der Waals surface area (Å²) < 4.78 is 17.5. The van der Waals surface area contributed by atoms with E-state index in [0.29, 0.717) is 5.92 Å². The minimum absolute atomic E-state index is 0.0642. The van der Waals surface area contributed by atoms with Crippen molar-refractivity contribution in [3.8, 4) is 0 Å². The van der Waals surface area contributed by atoms with Crippen molar-refractivity contribution in [2.24, 2.45) is 5.92 Å². The van der Waals surface area contributed by atoms with Gasteiger partial charge in [-0.1, -0.05) is 104 Å². The Labute approximate surface area is 227 Å². The molecule has 6 nitrogen and oxygen atoms in total. The molecule has 0 aromatic rings. The Hall–Kier alpha value is -0.0231. The van der Waals surface area contributed by atoms with E-state index >= 15 is 0 Å². The van der Waals surface area contributed by atoms with Gasteiger partial charge in [-0.3, -0.25) is 0 Å². The van der Waals surface area contributed by atoms with E-state index in [4.69, 9.17) is 24.1 Å². The van der Waals surface area contributed by atoms with E-state index in [-0.39, 0.29) is 26.4 Å².